The van der Waals surface area contributed by atoms with Crippen LogP contribution in [0.3, 0.4) is 0 Å². The molecule has 2 heterocycles. The molecule has 0 aliphatic rings. The van der Waals surface area contributed by atoms with E-state index in [0.717, 1.165) is 27.9 Å². The van der Waals surface area contributed by atoms with Gasteiger partial charge in [-0.2, -0.15) is 0 Å². The van der Waals surface area contributed by atoms with Gasteiger partial charge >= 0.3 is 0 Å². The molecule has 202 valence electrons. The Labute approximate surface area is 252 Å². The molecule has 0 aliphatic carbocycles. The van der Waals surface area contributed by atoms with Crippen molar-refractivity contribution in [3.63, 3.8) is 0 Å². The molecule has 0 atom stereocenters. The fraction of sp³-hybridized carbons (Fsp3) is 0. The van der Waals surface area contributed by atoms with E-state index in [-0.39, 0.29) is 0 Å². The molecule has 0 unspecified atom stereocenters. The maximum atomic E-state index is 6.18. The van der Waals surface area contributed by atoms with Crippen LogP contribution in [-0.4, -0.2) is 0 Å². The second-order valence-electron chi connectivity index (χ2n) is 10.9. The van der Waals surface area contributed by atoms with E-state index in [2.05, 4.69) is 144 Å². The van der Waals surface area contributed by atoms with Crippen molar-refractivity contribution in [3.05, 3.63) is 152 Å². The fourth-order valence-electron chi connectivity index (χ4n) is 6.57. The average Bonchev–Trinajstić information content (AvgIpc) is 3.65. The fourth-order valence-corrected chi connectivity index (χ4v) is 7.70. The van der Waals surface area contributed by atoms with Crippen molar-refractivity contribution in [2.75, 3.05) is 4.90 Å². The molecule has 0 spiro atoms. The van der Waals surface area contributed by atoms with Gasteiger partial charge in [0.2, 0.25) is 0 Å². The number of hydrogen-bond acceptors (Lipinski definition) is 3. The van der Waals surface area contributed by atoms with E-state index >= 15 is 0 Å². The first-order valence-electron chi connectivity index (χ1n) is 14.5. The lowest BCUT2D eigenvalue weighted by molar-refractivity contribution is 0.669. The molecule has 9 rings (SSSR count). The third-order valence-electron chi connectivity index (χ3n) is 8.47. The largest absolute Gasteiger partial charge is 0.456 e. The summed E-state index contributed by atoms with van der Waals surface area (Å²) in [5.74, 6) is 0. The molecule has 3 heteroatoms. The SMILES string of the molecule is c1ccc(N(c2ccc(-c3cccc4c3ccc3oc5ccccc5c34)cc2)c2cccc3sc4ccccc4c23)cc1. The zero-order valence-corrected chi connectivity index (χ0v) is 24.0. The van der Waals surface area contributed by atoms with Crippen molar-refractivity contribution in [2.45, 2.75) is 0 Å². The first kappa shape index (κ1) is 24.2. The van der Waals surface area contributed by atoms with E-state index in [9.17, 15) is 0 Å². The van der Waals surface area contributed by atoms with E-state index in [0.29, 0.717) is 0 Å². The third-order valence-corrected chi connectivity index (χ3v) is 9.61. The lowest BCUT2D eigenvalue weighted by Gasteiger charge is -2.26. The lowest BCUT2D eigenvalue weighted by Crippen LogP contribution is -2.10. The van der Waals surface area contributed by atoms with Crippen molar-refractivity contribution >= 4 is 81.3 Å². The summed E-state index contributed by atoms with van der Waals surface area (Å²) in [5, 5.41) is 7.36. The highest BCUT2D eigenvalue weighted by Gasteiger charge is 2.19. The smallest absolute Gasteiger partial charge is 0.136 e. The molecule has 9 aromatic rings. The molecule has 43 heavy (non-hydrogen) atoms. The van der Waals surface area contributed by atoms with Gasteiger partial charge in [0.25, 0.3) is 0 Å². The van der Waals surface area contributed by atoms with Crippen molar-refractivity contribution in [1.82, 2.24) is 0 Å². The van der Waals surface area contributed by atoms with Gasteiger partial charge in [-0.1, -0.05) is 97.1 Å². The number of anilines is 3. The van der Waals surface area contributed by atoms with E-state index in [1.165, 1.54) is 53.1 Å². The molecule has 2 aromatic heterocycles. The molecule has 0 bridgehead atoms. The minimum Gasteiger partial charge on any atom is -0.456 e. The number of nitrogens with zero attached hydrogens (tertiary/aromatic N) is 1. The van der Waals surface area contributed by atoms with Crippen LogP contribution in [0.15, 0.2) is 156 Å². The van der Waals surface area contributed by atoms with Crippen molar-refractivity contribution in [1.29, 1.82) is 0 Å². The van der Waals surface area contributed by atoms with Gasteiger partial charge in [0.15, 0.2) is 0 Å². The highest BCUT2D eigenvalue weighted by Crippen LogP contribution is 2.45. The highest BCUT2D eigenvalue weighted by molar-refractivity contribution is 7.26. The molecule has 0 amide bonds. The monoisotopic (exact) mass is 567 g/mol. The van der Waals surface area contributed by atoms with Crippen LogP contribution in [0, 0.1) is 0 Å². The van der Waals surface area contributed by atoms with E-state index in [4.69, 9.17) is 4.42 Å². The first-order chi connectivity index (χ1) is 21.3. The van der Waals surface area contributed by atoms with Gasteiger partial charge in [0.1, 0.15) is 11.2 Å². The van der Waals surface area contributed by atoms with Gasteiger partial charge in [-0.3, -0.25) is 0 Å². The minimum atomic E-state index is 0.925. The normalized spacial score (nSPS) is 11.7. The molecule has 7 aromatic carbocycles. The summed E-state index contributed by atoms with van der Waals surface area (Å²) in [5.41, 5.74) is 7.71. The van der Waals surface area contributed by atoms with E-state index < -0.39 is 0 Å². The Morgan fingerprint density at radius 1 is 0.419 bits per heavy atom. The summed E-state index contributed by atoms with van der Waals surface area (Å²) in [6.07, 6.45) is 0. The Kier molecular flexibility index (Phi) is 5.40. The second kappa shape index (κ2) is 9.59. The quantitative estimate of drug-likeness (QED) is 0.210. The number of hydrogen-bond donors (Lipinski definition) is 0. The summed E-state index contributed by atoms with van der Waals surface area (Å²) in [6, 6.07) is 54.2. The molecule has 2 nitrogen and oxygen atoms in total. The molecule has 0 fully saturated rings. The number of fused-ring (bicyclic) bond motifs is 8. The molecular weight excluding hydrogens is 543 g/mol. The second-order valence-corrected chi connectivity index (χ2v) is 12.0. The average molecular weight is 568 g/mol. The van der Waals surface area contributed by atoms with Crippen LogP contribution in [0.1, 0.15) is 0 Å². The molecule has 0 radical (unpaired) electrons. The van der Waals surface area contributed by atoms with Crippen LogP contribution in [0.25, 0.3) is 64.0 Å². The number of para-hydroxylation sites is 2. The predicted molar refractivity (Wildman–Crippen MR) is 184 cm³/mol. The van der Waals surface area contributed by atoms with Crippen LogP contribution >= 0.6 is 11.3 Å². The Balaban J connectivity index is 1.21. The topological polar surface area (TPSA) is 16.4 Å². The lowest BCUT2D eigenvalue weighted by atomic mass is 9.95. The summed E-state index contributed by atoms with van der Waals surface area (Å²) >= 11 is 1.85. The maximum absolute atomic E-state index is 6.18. The zero-order valence-electron chi connectivity index (χ0n) is 23.2. The van der Waals surface area contributed by atoms with Gasteiger partial charge in [-0.05, 0) is 76.5 Å². The molecule has 0 saturated carbocycles. The predicted octanol–water partition coefficient (Wildman–Crippen LogP) is 12.2. The standard InChI is InChI=1S/C40H25NOS/c1-2-10-27(11-3-1)41(34-16-9-19-38-40(34)33-13-5-7-18-37(33)43-38)28-22-20-26(21-23-28)29-14-8-15-31-30(29)24-25-36-39(31)32-12-4-6-17-35(32)42-36/h1-25H. The molecule has 0 N–H and O–H groups in total. The number of benzene rings is 7. The zero-order chi connectivity index (χ0) is 28.3. The molecular formula is C40H25NOS. The molecule has 0 saturated heterocycles. The first-order valence-corrected chi connectivity index (χ1v) is 15.3. The number of furan rings is 1. The highest BCUT2D eigenvalue weighted by atomic mass is 32.1. The minimum absolute atomic E-state index is 0.925. The number of rotatable bonds is 4. The van der Waals surface area contributed by atoms with Crippen LogP contribution in [0.2, 0.25) is 0 Å². The maximum Gasteiger partial charge on any atom is 0.136 e. The molecule has 0 aliphatic heterocycles. The van der Waals surface area contributed by atoms with Gasteiger partial charge < -0.3 is 9.32 Å². The summed E-state index contributed by atoms with van der Waals surface area (Å²) < 4.78 is 8.78. The van der Waals surface area contributed by atoms with Gasteiger partial charge in [0, 0.05) is 42.3 Å². The Bertz CT molecular complexity index is 2450. The van der Waals surface area contributed by atoms with E-state index in [1.807, 2.05) is 23.5 Å². The van der Waals surface area contributed by atoms with Crippen molar-refractivity contribution in [3.8, 4) is 11.1 Å². The number of thiophene rings is 1. The van der Waals surface area contributed by atoms with Gasteiger partial charge in [0.05, 0.1) is 5.69 Å². The Hall–Kier alpha value is -5.38. The van der Waals surface area contributed by atoms with Crippen molar-refractivity contribution in [2.24, 2.45) is 0 Å². The van der Waals surface area contributed by atoms with E-state index in [1.54, 1.807) is 0 Å². The van der Waals surface area contributed by atoms with Crippen molar-refractivity contribution < 1.29 is 4.42 Å². The summed E-state index contributed by atoms with van der Waals surface area (Å²) in [7, 11) is 0. The van der Waals surface area contributed by atoms with Crippen LogP contribution in [0.5, 0.6) is 0 Å². The summed E-state index contributed by atoms with van der Waals surface area (Å²) in [4.78, 5) is 2.38. The Morgan fingerprint density at radius 3 is 2.00 bits per heavy atom. The Morgan fingerprint density at radius 2 is 1.12 bits per heavy atom. The van der Waals surface area contributed by atoms with Crippen LogP contribution in [0.4, 0.5) is 17.1 Å². The van der Waals surface area contributed by atoms with Gasteiger partial charge in [-0.15, -0.1) is 11.3 Å². The summed E-state index contributed by atoms with van der Waals surface area (Å²) in [6.45, 7) is 0. The van der Waals surface area contributed by atoms with Crippen LogP contribution < -0.4 is 4.90 Å². The third kappa shape index (κ3) is 3.79. The van der Waals surface area contributed by atoms with Gasteiger partial charge in [-0.25, -0.2) is 0 Å². The van der Waals surface area contributed by atoms with Crippen LogP contribution in [-0.2, 0) is 0 Å².